The van der Waals surface area contributed by atoms with Crippen LogP contribution in [0.15, 0.2) is 53.4 Å². The van der Waals surface area contributed by atoms with Crippen molar-refractivity contribution < 1.29 is 45.0 Å². The number of rotatable bonds is 6. The summed E-state index contributed by atoms with van der Waals surface area (Å²) in [6.07, 6.45) is -8.51. The Morgan fingerprint density at radius 3 is 2.09 bits per heavy atom. The third-order valence-corrected chi connectivity index (χ3v) is 5.55. The molecule has 2 N–H and O–H groups in total. The van der Waals surface area contributed by atoms with Gasteiger partial charge >= 0.3 is 12.5 Å². The Morgan fingerprint density at radius 1 is 0.971 bits per heavy atom. The van der Waals surface area contributed by atoms with Crippen molar-refractivity contribution in [3.05, 3.63) is 70.5 Å². The highest BCUT2D eigenvalue weighted by atomic mass is 35.5. The molecule has 0 aliphatic carbocycles. The van der Waals surface area contributed by atoms with Crippen LogP contribution in [0.2, 0.25) is 5.02 Å². The van der Waals surface area contributed by atoms with Gasteiger partial charge in [0, 0.05) is 10.5 Å². The maximum absolute atomic E-state index is 14.1. The third kappa shape index (κ3) is 6.12. The van der Waals surface area contributed by atoms with Crippen LogP contribution < -0.4 is 15.2 Å². The Balaban J connectivity index is 2.27. The van der Waals surface area contributed by atoms with Crippen LogP contribution in [0.3, 0.4) is 0 Å². The van der Waals surface area contributed by atoms with Gasteiger partial charge in [-0.15, -0.1) is 24.9 Å². The fraction of sp³-hybridized carbons (Fsp3) is 0.136. The smallest absolute Gasteiger partial charge is 0.456 e. The van der Waals surface area contributed by atoms with Crippen molar-refractivity contribution in [1.82, 2.24) is 0 Å². The van der Waals surface area contributed by atoms with Crippen molar-refractivity contribution in [3.8, 4) is 28.4 Å². The molecule has 0 radical (unpaired) electrons. The molecule has 0 aliphatic rings. The van der Waals surface area contributed by atoms with E-state index in [4.69, 9.17) is 22.1 Å². The van der Waals surface area contributed by atoms with Crippen LogP contribution in [0.5, 0.6) is 17.2 Å². The predicted octanol–water partition coefficient (Wildman–Crippen LogP) is 7.68. The number of halogens is 8. The highest BCUT2D eigenvalue weighted by Crippen LogP contribution is 2.49. The van der Waals surface area contributed by atoms with Crippen molar-refractivity contribution >= 4 is 29.3 Å². The van der Waals surface area contributed by atoms with Crippen LogP contribution in [-0.4, -0.2) is 18.5 Å². The van der Waals surface area contributed by atoms with E-state index in [0.717, 1.165) is 54.2 Å². The van der Waals surface area contributed by atoms with Gasteiger partial charge in [0.05, 0.1) is 16.1 Å². The fourth-order valence-electron chi connectivity index (χ4n) is 3.12. The van der Waals surface area contributed by atoms with Crippen molar-refractivity contribution in [2.45, 2.75) is 17.4 Å². The molecule has 3 aromatic rings. The van der Waals surface area contributed by atoms with Gasteiger partial charge in [0.25, 0.3) is 5.91 Å². The zero-order chi connectivity index (χ0) is 26.1. The van der Waals surface area contributed by atoms with Gasteiger partial charge in [0.15, 0.2) is 0 Å². The summed E-state index contributed by atoms with van der Waals surface area (Å²) in [5, 5.41) is -0.863. The Kier molecular flexibility index (Phi) is 7.46. The second-order valence-electron chi connectivity index (χ2n) is 6.82. The topological polar surface area (TPSA) is 61.6 Å². The molecule has 0 fully saturated rings. The predicted molar refractivity (Wildman–Crippen MR) is 115 cm³/mol. The van der Waals surface area contributed by atoms with Crippen molar-refractivity contribution in [3.63, 3.8) is 0 Å². The average molecular weight is 540 g/mol. The molecule has 3 rings (SSSR count). The number of nitrogens with two attached hydrogens (primary N) is 1. The van der Waals surface area contributed by atoms with Gasteiger partial charge in [-0.2, -0.15) is 13.2 Å². The van der Waals surface area contributed by atoms with E-state index in [0.29, 0.717) is 6.07 Å². The number of thioether (sulfide) groups is 1. The molecule has 13 heteroatoms. The molecule has 0 bridgehead atoms. The van der Waals surface area contributed by atoms with Gasteiger partial charge in [-0.25, -0.2) is 4.39 Å². The maximum atomic E-state index is 14.1. The molecule has 0 saturated carbocycles. The molecule has 1 amide bonds. The van der Waals surface area contributed by atoms with Crippen LogP contribution >= 0.6 is 23.4 Å². The molecule has 0 saturated heterocycles. The zero-order valence-electron chi connectivity index (χ0n) is 17.4. The number of hydrogen-bond acceptors (Lipinski definition) is 4. The Hall–Kier alpha value is -3.12. The normalized spacial score (nSPS) is 11.9. The van der Waals surface area contributed by atoms with Crippen LogP contribution in [0.1, 0.15) is 15.9 Å². The Morgan fingerprint density at radius 2 is 1.57 bits per heavy atom. The average Bonchev–Trinajstić information content (AvgIpc) is 2.74. The highest BCUT2D eigenvalue weighted by Gasteiger charge is 2.40. The summed E-state index contributed by atoms with van der Waals surface area (Å²) in [6.45, 7) is 0. The number of carbonyl (C=O) groups excluding carboxylic acids is 1. The second kappa shape index (κ2) is 9.86. The highest BCUT2D eigenvalue weighted by molar-refractivity contribution is 7.98. The van der Waals surface area contributed by atoms with E-state index in [9.17, 15) is 35.5 Å². The van der Waals surface area contributed by atoms with E-state index in [2.05, 4.69) is 4.74 Å². The van der Waals surface area contributed by atoms with Gasteiger partial charge < -0.3 is 15.2 Å². The molecule has 0 aliphatic heterocycles. The molecular formula is C22H13ClF7NO3S. The fourth-order valence-corrected chi connectivity index (χ4v) is 3.93. The molecule has 186 valence electrons. The lowest BCUT2D eigenvalue weighted by molar-refractivity contribution is -0.274. The van der Waals surface area contributed by atoms with Gasteiger partial charge in [0.2, 0.25) is 0 Å². The summed E-state index contributed by atoms with van der Waals surface area (Å²) >= 11 is 6.81. The van der Waals surface area contributed by atoms with Gasteiger partial charge in [-0.3, -0.25) is 4.79 Å². The summed E-state index contributed by atoms with van der Waals surface area (Å²) in [5.74, 6) is -3.42. The molecule has 35 heavy (non-hydrogen) atoms. The van der Waals surface area contributed by atoms with Crippen LogP contribution in [0.25, 0.3) is 11.1 Å². The standard InChI is InChI=1S/C22H13ClF7NO3S/c1-35-16-8-10(2-7-15(16)24)17-18(21(25,26)27)14(23)9-13(20(31)32)19(17)33-11-3-5-12(6-4-11)34-22(28,29)30/h2-9H,1H3,(H2,31,32). The molecule has 0 atom stereocenters. The Bertz CT molecular complexity index is 1260. The summed E-state index contributed by atoms with van der Waals surface area (Å²) in [5.41, 5.74) is 2.53. The molecule has 0 unspecified atom stereocenters. The lowest BCUT2D eigenvalue weighted by Gasteiger charge is -2.22. The van der Waals surface area contributed by atoms with Gasteiger partial charge in [-0.1, -0.05) is 17.7 Å². The number of amides is 1. The number of hydrogen-bond donors (Lipinski definition) is 1. The lowest BCUT2D eigenvalue weighted by atomic mass is 9.94. The van der Waals surface area contributed by atoms with Crippen molar-refractivity contribution in [2.75, 3.05) is 6.26 Å². The lowest BCUT2D eigenvalue weighted by Crippen LogP contribution is -2.17. The SMILES string of the molecule is CSc1cc(-c2c(Oc3ccc(OC(F)(F)F)cc3)c(C(N)=O)cc(Cl)c2C(F)(F)F)ccc1F. The first-order valence-corrected chi connectivity index (χ1v) is 10.9. The molecule has 0 spiro atoms. The van der Waals surface area contributed by atoms with Crippen molar-refractivity contribution in [2.24, 2.45) is 5.73 Å². The molecular weight excluding hydrogens is 527 g/mol. The summed E-state index contributed by atoms with van der Waals surface area (Å²) < 4.78 is 103. The first-order chi connectivity index (χ1) is 16.2. The van der Waals surface area contributed by atoms with Crippen LogP contribution in [0, 0.1) is 5.82 Å². The molecule has 3 aromatic carbocycles. The molecule has 0 aromatic heterocycles. The quantitative estimate of drug-likeness (QED) is 0.258. The Labute approximate surface area is 202 Å². The number of alkyl halides is 6. The maximum Gasteiger partial charge on any atom is 0.573 e. The largest absolute Gasteiger partial charge is 0.573 e. The first-order valence-electron chi connectivity index (χ1n) is 9.32. The van der Waals surface area contributed by atoms with E-state index in [1.165, 1.54) is 6.26 Å². The van der Waals surface area contributed by atoms with E-state index in [1.54, 1.807) is 0 Å². The monoisotopic (exact) mass is 539 g/mol. The van der Waals surface area contributed by atoms with Gasteiger partial charge in [0.1, 0.15) is 23.1 Å². The third-order valence-electron chi connectivity index (χ3n) is 4.50. The zero-order valence-corrected chi connectivity index (χ0v) is 18.9. The summed E-state index contributed by atoms with van der Waals surface area (Å²) in [7, 11) is 0. The van der Waals surface area contributed by atoms with Gasteiger partial charge in [-0.05, 0) is 54.3 Å². The first kappa shape index (κ1) is 26.5. The van der Waals surface area contributed by atoms with Crippen molar-refractivity contribution in [1.29, 1.82) is 0 Å². The summed E-state index contributed by atoms with van der Waals surface area (Å²) in [6, 6.07) is 7.43. The van der Waals surface area contributed by atoms with Crippen LogP contribution in [0.4, 0.5) is 30.7 Å². The molecule has 0 heterocycles. The molecule has 4 nitrogen and oxygen atoms in total. The number of carbonyl (C=O) groups is 1. The number of ether oxygens (including phenoxy) is 2. The minimum atomic E-state index is -5.04. The summed E-state index contributed by atoms with van der Waals surface area (Å²) in [4.78, 5) is 12.1. The van der Waals surface area contributed by atoms with Crippen LogP contribution in [-0.2, 0) is 6.18 Å². The number of benzene rings is 3. The second-order valence-corrected chi connectivity index (χ2v) is 8.07. The van der Waals surface area contributed by atoms with E-state index in [1.807, 2.05) is 0 Å². The van der Waals surface area contributed by atoms with E-state index < -0.39 is 57.5 Å². The number of primary amides is 1. The van der Waals surface area contributed by atoms with E-state index in [-0.39, 0.29) is 16.2 Å². The minimum Gasteiger partial charge on any atom is -0.456 e. The van der Waals surface area contributed by atoms with E-state index >= 15 is 0 Å². The minimum absolute atomic E-state index is 0.00386.